The maximum absolute atomic E-state index is 13.9. The lowest BCUT2D eigenvalue weighted by atomic mass is 9.92. The highest BCUT2D eigenvalue weighted by atomic mass is 31.2. The van der Waals surface area contributed by atoms with E-state index in [0.29, 0.717) is 28.9 Å². The van der Waals surface area contributed by atoms with E-state index < -0.39 is 30.8 Å². The summed E-state index contributed by atoms with van der Waals surface area (Å²) in [5.74, 6) is -1.17. The molecule has 1 aliphatic heterocycles. The summed E-state index contributed by atoms with van der Waals surface area (Å²) in [5, 5.41) is 2.91. The van der Waals surface area contributed by atoms with Crippen molar-refractivity contribution < 1.29 is 32.7 Å². The fourth-order valence-electron chi connectivity index (χ4n) is 4.06. The summed E-state index contributed by atoms with van der Waals surface area (Å²) in [4.78, 5) is 34.4. The Bertz CT molecular complexity index is 1360. The Morgan fingerprint density at radius 3 is 2.57 bits per heavy atom. The molecule has 2 aromatic carbocycles. The van der Waals surface area contributed by atoms with Crippen LogP contribution in [0.2, 0.25) is 0 Å². The lowest BCUT2D eigenvalue weighted by molar-refractivity contribution is 0.0411. The minimum atomic E-state index is -5.98. The molecule has 0 aliphatic carbocycles. The van der Waals surface area contributed by atoms with Crippen molar-refractivity contribution in [3.05, 3.63) is 76.6 Å². The van der Waals surface area contributed by atoms with Crippen LogP contribution in [0.1, 0.15) is 38.9 Å². The quantitative estimate of drug-likeness (QED) is 0.279. The lowest BCUT2D eigenvalue weighted by Crippen LogP contribution is -2.29. The van der Waals surface area contributed by atoms with Gasteiger partial charge in [-0.3, -0.25) is 14.3 Å². The van der Waals surface area contributed by atoms with Crippen LogP contribution in [0.5, 0.6) is 5.75 Å². The minimum absolute atomic E-state index is 0.294. The molecule has 0 saturated heterocycles. The Kier molecular flexibility index (Phi) is 6.50. The number of alkyl halides is 2. The predicted molar refractivity (Wildman–Crippen MR) is 127 cm³/mol. The second-order valence-electron chi connectivity index (χ2n) is 8.37. The van der Waals surface area contributed by atoms with Crippen LogP contribution in [-0.2, 0) is 17.4 Å². The second kappa shape index (κ2) is 9.13. The summed E-state index contributed by atoms with van der Waals surface area (Å²) in [6.45, 7) is 2.01. The number of carbonyl (C=O) groups excluding carboxylic acids is 1. The number of aryl methyl sites for hydroxylation is 3. The molecule has 184 valence electrons. The van der Waals surface area contributed by atoms with E-state index in [0.717, 1.165) is 41.0 Å². The summed E-state index contributed by atoms with van der Waals surface area (Å²) in [7, 11) is -4.36. The van der Waals surface area contributed by atoms with Gasteiger partial charge in [-0.25, -0.2) is 0 Å². The lowest BCUT2D eigenvalue weighted by Gasteiger charge is -2.27. The van der Waals surface area contributed by atoms with Gasteiger partial charge < -0.3 is 25.6 Å². The van der Waals surface area contributed by atoms with E-state index >= 15 is 0 Å². The normalized spacial score (nSPS) is 15.1. The minimum Gasteiger partial charge on any atom is -0.497 e. The molecule has 0 fully saturated rings. The van der Waals surface area contributed by atoms with Crippen LogP contribution in [0.25, 0.3) is 11.1 Å². The number of nitrogens with two attached hydrogens (primary N) is 1. The standard InChI is InChI=1S/C24H24F2N3O5P/c1-13-9-17(34-2)7-5-15(13)4-3-14-10-19-18-8-6-16(22(30)24(25,26)35(31,32)33)11-20(18)29-23(27)21(19)28-12-14/h5-12,23,29H,3-4,27H2,1-2H3,(H2,31,32,33). The van der Waals surface area contributed by atoms with Gasteiger partial charge in [0.15, 0.2) is 0 Å². The third-order valence-electron chi connectivity index (χ3n) is 6.02. The summed E-state index contributed by atoms with van der Waals surface area (Å²) in [6, 6.07) is 11.5. The predicted octanol–water partition coefficient (Wildman–Crippen LogP) is 4.19. The number of halogens is 2. The molecule has 2 heterocycles. The smallest absolute Gasteiger partial charge is 0.407 e. The largest absolute Gasteiger partial charge is 0.497 e. The number of ether oxygens (including phenoxy) is 1. The molecule has 35 heavy (non-hydrogen) atoms. The van der Waals surface area contributed by atoms with Crippen molar-refractivity contribution in [3.63, 3.8) is 0 Å². The zero-order valence-corrected chi connectivity index (χ0v) is 19.9. The van der Waals surface area contributed by atoms with Gasteiger partial charge in [-0.2, -0.15) is 8.78 Å². The van der Waals surface area contributed by atoms with Crippen molar-refractivity contribution >= 4 is 19.1 Å². The number of nitrogens with one attached hydrogen (secondary N) is 1. The molecule has 1 aromatic heterocycles. The first-order chi connectivity index (χ1) is 16.4. The third-order valence-corrected chi connectivity index (χ3v) is 6.96. The molecule has 5 N–H and O–H groups in total. The first-order valence-electron chi connectivity index (χ1n) is 10.7. The van der Waals surface area contributed by atoms with E-state index in [4.69, 9.17) is 20.3 Å². The molecule has 0 radical (unpaired) electrons. The van der Waals surface area contributed by atoms with E-state index in [-0.39, 0.29) is 0 Å². The second-order valence-corrected chi connectivity index (χ2v) is 10.0. The zero-order chi connectivity index (χ0) is 25.5. The fraction of sp³-hybridized carbons (Fsp3) is 0.250. The maximum atomic E-state index is 13.9. The van der Waals surface area contributed by atoms with Gasteiger partial charge in [-0.15, -0.1) is 0 Å². The molecule has 1 unspecified atom stereocenters. The Hall–Kier alpha value is -3.17. The Labute approximate surface area is 200 Å². The highest BCUT2D eigenvalue weighted by molar-refractivity contribution is 7.54. The first-order valence-corrected chi connectivity index (χ1v) is 12.3. The van der Waals surface area contributed by atoms with E-state index in [1.54, 1.807) is 13.3 Å². The number of nitrogens with zero attached hydrogens (tertiary/aromatic N) is 1. The van der Waals surface area contributed by atoms with Gasteiger partial charge in [0.1, 0.15) is 11.9 Å². The Balaban J connectivity index is 1.63. The Morgan fingerprint density at radius 1 is 1.17 bits per heavy atom. The van der Waals surface area contributed by atoms with Crippen molar-refractivity contribution in [2.45, 2.75) is 31.6 Å². The number of rotatable bonds is 7. The number of hydrogen-bond donors (Lipinski definition) is 4. The van der Waals surface area contributed by atoms with Crippen molar-refractivity contribution in [1.82, 2.24) is 4.98 Å². The maximum Gasteiger partial charge on any atom is 0.407 e. The number of Topliss-reactive ketones (excluding diaryl/α,β-unsaturated/α-hetero) is 1. The Morgan fingerprint density at radius 2 is 1.91 bits per heavy atom. The number of anilines is 1. The molecular weight excluding hydrogens is 479 g/mol. The topological polar surface area (TPSA) is 135 Å². The average Bonchev–Trinajstić information content (AvgIpc) is 2.81. The fourth-order valence-corrected chi connectivity index (χ4v) is 4.45. The number of aromatic nitrogens is 1. The van der Waals surface area contributed by atoms with E-state index in [1.807, 2.05) is 31.2 Å². The molecule has 11 heteroatoms. The van der Waals surface area contributed by atoms with Crippen LogP contribution in [0, 0.1) is 6.92 Å². The molecule has 1 atom stereocenters. The SMILES string of the molecule is COc1ccc(CCc2cnc3c(c2)-c2ccc(C(=O)C(F)(F)P(=O)(O)O)cc2NC3N)c(C)c1. The molecule has 0 spiro atoms. The summed E-state index contributed by atoms with van der Waals surface area (Å²) >= 11 is 0. The van der Waals surface area contributed by atoms with Crippen LogP contribution in [0.15, 0.2) is 48.7 Å². The molecule has 8 nitrogen and oxygen atoms in total. The van der Waals surface area contributed by atoms with Crippen LogP contribution in [-0.4, -0.2) is 33.3 Å². The van der Waals surface area contributed by atoms with Gasteiger partial charge in [0.2, 0.25) is 5.78 Å². The number of hydrogen-bond acceptors (Lipinski definition) is 6. The van der Waals surface area contributed by atoms with Gasteiger partial charge in [0, 0.05) is 28.6 Å². The summed E-state index contributed by atoms with van der Waals surface area (Å²) in [6.07, 6.45) is 2.43. The van der Waals surface area contributed by atoms with E-state index in [2.05, 4.69) is 10.3 Å². The van der Waals surface area contributed by atoms with Gasteiger partial charge in [-0.1, -0.05) is 18.2 Å². The number of carbonyl (C=O) groups is 1. The summed E-state index contributed by atoms with van der Waals surface area (Å²) < 4.78 is 44.2. The number of methoxy groups -OCH3 is 1. The number of benzene rings is 2. The van der Waals surface area contributed by atoms with Crippen LogP contribution < -0.4 is 15.8 Å². The number of fused-ring (bicyclic) bond motifs is 3. The molecule has 0 saturated carbocycles. The summed E-state index contributed by atoms with van der Waals surface area (Å²) in [5.41, 5.74) is 6.13. The average molecular weight is 503 g/mol. The number of ketones is 1. The van der Waals surface area contributed by atoms with Gasteiger partial charge in [-0.05, 0) is 60.7 Å². The molecule has 4 rings (SSSR count). The zero-order valence-electron chi connectivity index (χ0n) is 19.0. The van der Waals surface area contributed by atoms with Crippen LogP contribution in [0.4, 0.5) is 14.5 Å². The van der Waals surface area contributed by atoms with Crippen LogP contribution >= 0.6 is 7.60 Å². The van der Waals surface area contributed by atoms with E-state index in [1.165, 1.54) is 6.07 Å². The van der Waals surface area contributed by atoms with Crippen molar-refractivity contribution in [1.29, 1.82) is 0 Å². The first kappa shape index (κ1) is 24.9. The van der Waals surface area contributed by atoms with Crippen molar-refractivity contribution in [3.8, 4) is 16.9 Å². The molecule has 0 amide bonds. The van der Waals surface area contributed by atoms with Gasteiger partial charge >= 0.3 is 13.3 Å². The van der Waals surface area contributed by atoms with Gasteiger partial charge in [0.05, 0.1) is 12.8 Å². The highest BCUT2D eigenvalue weighted by Gasteiger charge is 2.56. The molecule has 1 aliphatic rings. The van der Waals surface area contributed by atoms with Crippen molar-refractivity contribution in [2.75, 3.05) is 12.4 Å². The molecule has 3 aromatic rings. The van der Waals surface area contributed by atoms with E-state index in [9.17, 15) is 18.1 Å². The molecule has 0 bridgehead atoms. The monoisotopic (exact) mass is 503 g/mol. The van der Waals surface area contributed by atoms with Crippen LogP contribution in [0.3, 0.4) is 0 Å². The third kappa shape index (κ3) is 4.70. The molecular formula is C24H24F2N3O5P. The van der Waals surface area contributed by atoms with Gasteiger partial charge in [0.25, 0.3) is 0 Å². The number of pyridine rings is 1. The van der Waals surface area contributed by atoms with Crippen molar-refractivity contribution in [2.24, 2.45) is 5.73 Å². The highest BCUT2D eigenvalue weighted by Crippen LogP contribution is 2.54.